The SMILES string of the molecule is c1ccc2cc3c(cc2c1)c1ccccc1n3-c1ccc(-n2c3ccccc3c3c4c5ccccc5c5ccccc5c4c4ccccc4c32)cc1. The predicted octanol–water partition coefficient (Wildman–Crippen LogP) is 13.6. The number of hydrogen-bond acceptors (Lipinski definition) is 0. The molecule has 0 aliphatic rings. The summed E-state index contributed by atoms with van der Waals surface area (Å²) >= 11 is 0. The molecule has 12 rings (SSSR count). The summed E-state index contributed by atoms with van der Waals surface area (Å²) in [6.45, 7) is 0. The highest BCUT2D eigenvalue weighted by Crippen LogP contribution is 2.47. The summed E-state index contributed by atoms with van der Waals surface area (Å²) < 4.78 is 4.92. The number of hydrogen-bond donors (Lipinski definition) is 0. The number of para-hydroxylation sites is 2. The Hall–Kier alpha value is -6.90. The minimum absolute atomic E-state index is 1.15. The Morgan fingerprint density at radius 2 is 0.692 bits per heavy atom. The van der Waals surface area contributed by atoms with Crippen molar-refractivity contribution in [3.8, 4) is 11.4 Å². The molecule has 0 atom stereocenters. The Morgan fingerprint density at radius 3 is 1.35 bits per heavy atom. The summed E-state index contributed by atoms with van der Waals surface area (Å²) in [7, 11) is 0. The Labute approximate surface area is 299 Å². The highest BCUT2D eigenvalue weighted by Gasteiger charge is 2.22. The van der Waals surface area contributed by atoms with Gasteiger partial charge in [0.1, 0.15) is 0 Å². The van der Waals surface area contributed by atoms with Crippen molar-refractivity contribution in [1.82, 2.24) is 9.13 Å². The third-order valence-electron chi connectivity index (χ3n) is 11.4. The van der Waals surface area contributed by atoms with E-state index in [1.54, 1.807) is 0 Å². The van der Waals surface area contributed by atoms with Crippen molar-refractivity contribution in [2.45, 2.75) is 0 Å². The zero-order valence-corrected chi connectivity index (χ0v) is 28.2. The lowest BCUT2D eigenvalue weighted by atomic mass is 9.88. The van der Waals surface area contributed by atoms with E-state index in [1.165, 1.54) is 97.5 Å². The van der Waals surface area contributed by atoms with E-state index in [-0.39, 0.29) is 0 Å². The third kappa shape index (κ3) is 3.63. The van der Waals surface area contributed by atoms with Crippen LogP contribution in [0.15, 0.2) is 182 Å². The van der Waals surface area contributed by atoms with E-state index in [1.807, 2.05) is 0 Å². The van der Waals surface area contributed by atoms with Crippen LogP contribution in [0.4, 0.5) is 0 Å². The van der Waals surface area contributed by atoms with Gasteiger partial charge in [0.2, 0.25) is 0 Å². The maximum Gasteiger partial charge on any atom is 0.0626 e. The van der Waals surface area contributed by atoms with Gasteiger partial charge >= 0.3 is 0 Å². The molecule has 0 saturated heterocycles. The van der Waals surface area contributed by atoms with E-state index >= 15 is 0 Å². The molecule has 2 nitrogen and oxygen atoms in total. The second-order valence-electron chi connectivity index (χ2n) is 14.0. The Kier molecular flexibility index (Phi) is 5.53. The van der Waals surface area contributed by atoms with Crippen molar-refractivity contribution in [3.05, 3.63) is 182 Å². The molecule has 0 radical (unpaired) electrons. The summed E-state index contributed by atoms with van der Waals surface area (Å²) in [6, 6.07) is 67.2. The maximum atomic E-state index is 2.50. The van der Waals surface area contributed by atoms with E-state index in [0.717, 1.165) is 11.4 Å². The van der Waals surface area contributed by atoms with Gasteiger partial charge in [0.05, 0.1) is 22.1 Å². The summed E-state index contributed by atoms with van der Waals surface area (Å²) in [4.78, 5) is 0. The molecule has 0 fully saturated rings. The third-order valence-corrected chi connectivity index (χ3v) is 11.4. The number of fused-ring (bicyclic) bond motifs is 17. The highest BCUT2D eigenvalue weighted by molar-refractivity contribution is 6.42. The number of benzene rings is 10. The van der Waals surface area contributed by atoms with Gasteiger partial charge in [0.15, 0.2) is 0 Å². The van der Waals surface area contributed by atoms with Gasteiger partial charge < -0.3 is 9.13 Å². The fraction of sp³-hybridized carbons (Fsp3) is 0. The first kappa shape index (κ1) is 27.9. The summed E-state index contributed by atoms with van der Waals surface area (Å²) in [5, 5.41) is 18.0. The fourth-order valence-corrected chi connectivity index (χ4v) is 9.29. The molecule has 12 aromatic rings. The molecule has 0 aliphatic heterocycles. The van der Waals surface area contributed by atoms with Crippen molar-refractivity contribution >= 4 is 97.5 Å². The van der Waals surface area contributed by atoms with Crippen LogP contribution in [-0.4, -0.2) is 9.13 Å². The Morgan fingerprint density at radius 1 is 0.250 bits per heavy atom. The van der Waals surface area contributed by atoms with Crippen LogP contribution in [0.25, 0.3) is 109 Å². The fourth-order valence-electron chi connectivity index (χ4n) is 9.29. The van der Waals surface area contributed by atoms with Crippen LogP contribution in [-0.2, 0) is 0 Å². The van der Waals surface area contributed by atoms with E-state index in [4.69, 9.17) is 0 Å². The van der Waals surface area contributed by atoms with Gasteiger partial charge in [-0.1, -0.05) is 133 Å². The lowest BCUT2D eigenvalue weighted by Gasteiger charge is -2.16. The zero-order chi connectivity index (χ0) is 33.9. The summed E-state index contributed by atoms with van der Waals surface area (Å²) in [6.07, 6.45) is 0. The quantitative estimate of drug-likeness (QED) is 0.164. The molecule has 2 aromatic heterocycles. The van der Waals surface area contributed by atoms with Crippen LogP contribution in [0, 0.1) is 0 Å². The largest absolute Gasteiger partial charge is 0.309 e. The first-order valence-electron chi connectivity index (χ1n) is 18.0. The first-order chi connectivity index (χ1) is 25.8. The average Bonchev–Trinajstić information content (AvgIpc) is 3.73. The van der Waals surface area contributed by atoms with Gasteiger partial charge in [-0.15, -0.1) is 0 Å². The number of aromatic nitrogens is 2. The van der Waals surface area contributed by atoms with Crippen LogP contribution in [0.2, 0.25) is 0 Å². The van der Waals surface area contributed by atoms with Crippen molar-refractivity contribution in [2.75, 3.05) is 0 Å². The van der Waals surface area contributed by atoms with Crippen LogP contribution in [0.1, 0.15) is 0 Å². The summed E-state index contributed by atoms with van der Waals surface area (Å²) in [5.74, 6) is 0. The van der Waals surface area contributed by atoms with E-state index in [9.17, 15) is 0 Å². The molecule has 2 heterocycles. The second kappa shape index (κ2) is 10.3. The molecule has 0 N–H and O–H groups in total. The highest BCUT2D eigenvalue weighted by atomic mass is 15.0. The van der Waals surface area contributed by atoms with Crippen molar-refractivity contribution in [3.63, 3.8) is 0 Å². The van der Waals surface area contributed by atoms with Crippen LogP contribution in [0.3, 0.4) is 0 Å². The molecule has 0 spiro atoms. The molecular formula is C50H30N2. The van der Waals surface area contributed by atoms with Crippen molar-refractivity contribution < 1.29 is 0 Å². The van der Waals surface area contributed by atoms with Gasteiger partial charge in [0, 0.05) is 43.7 Å². The van der Waals surface area contributed by atoms with Crippen LogP contribution >= 0.6 is 0 Å². The van der Waals surface area contributed by atoms with E-state index < -0.39 is 0 Å². The Bertz CT molecular complexity index is 3450. The van der Waals surface area contributed by atoms with Crippen molar-refractivity contribution in [1.29, 1.82) is 0 Å². The van der Waals surface area contributed by atoms with Crippen LogP contribution in [0.5, 0.6) is 0 Å². The minimum atomic E-state index is 1.15. The molecule has 240 valence electrons. The molecule has 2 heteroatoms. The topological polar surface area (TPSA) is 9.86 Å². The van der Waals surface area contributed by atoms with Gasteiger partial charge in [-0.2, -0.15) is 0 Å². The first-order valence-corrected chi connectivity index (χ1v) is 18.0. The normalized spacial score (nSPS) is 12.2. The van der Waals surface area contributed by atoms with Gasteiger partial charge in [-0.25, -0.2) is 0 Å². The zero-order valence-electron chi connectivity index (χ0n) is 28.2. The molecule has 0 unspecified atom stereocenters. The lowest BCUT2D eigenvalue weighted by molar-refractivity contribution is 1.15. The smallest absolute Gasteiger partial charge is 0.0626 e. The average molecular weight is 659 g/mol. The van der Waals surface area contributed by atoms with Gasteiger partial charge in [0.25, 0.3) is 0 Å². The lowest BCUT2D eigenvalue weighted by Crippen LogP contribution is -1.98. The maximum absolute atomic E-state index is 2.50. The Balaban J connectivity index is 1.19. The van der Waals surface area contributed by atoms with Gasteiger partial charge in [-0.3, -0.25) is 0 Å². The number of rotatable bonds is 2. The minimum Gasteiger partial charge on any atom is -0.309 e. The second-order valence-corrected chi connectivity index (χ2v) is 14.0. The molecule has 52 heavy (non-hydrogen) atoms. The molecular weight excluding hydrogens is 629 g/mol. The number of nitrogens with zero attached hydrogens (tertiary/aromatic N) is 2. The van der Waals surface area contributed by atoms with E-state index in [0.29, 0.717) is 0 Å². The molecule has 0 bridgehead atoms. The predicted molar refractivity (Wildman–Crippen MR) is 223 cm³/mol. The van der Waals surface area contributed by atoms with Gasteiger partial charge in [-0.05, 0) is 91.6 Å². The van der Waals surface area contributed by atoms with Crippen molar-refractivity contribution in [2.24, 2.45) is 0 Å². The molecule has 0 amide bonds. The monoisotopic (exact) mass is 658 g/mol. The molecule has 0 aliphatic carbocycles. The molecule has 10 aromatic carbocycles. The molecule has 0 saturated carbocycles. The van der Waals surface area contributed by atoms with E-state index in [2.05, 4.69) is 191 Å². The summed E-state index contributed by atoms with van der Waals surface area (Å²) in [5.41, 5.74) is 7.20. The standard InChI is InChI=1S/C50H30N2/c1-2-14-32-30-46-43(29-31(32)13-1)37-17-9-11-23-44(37)51(46)33-25-27-34(28-26-33)52-45-24-12-10-22-42(45)49-48-39-19-6-4-16-36(39)35-15-3-5-18-38(35)47(48)40-20-7-8-21-41(40)50(49)52/h1-30H. The van der Waals surface area contributed by atoms with Crippen LogP contribution < -0.4 is 0 Å².